The minimum Gasteiger partial charge on any atom is -0.369 e. The van der Waals surface area contributed by atoms with Gasteiger partial charge < -0.3 is 10.6 Å². The van der Waals surface area contributed by atoms with E-state index in [1.54, 1.807) is 6.07 Å². The third kappa shape index (κ3) is 4.66. The SMILES string of the molecule is CCc1cccc(N(C)C(N)=Nc2cccc(Cl)c2)c1.Cl. The Morgan fingerprint density at radius 2 is 1.90 bits per heavy atom. The summed E-state index contributed by atoms with van der Waals surface area (Å²) in [6, 6.07) is 15.6. The third-order valence-corrected chi connectivity index (χ3v) is 3.34. The Bertz CT molecular complexity index is 626. The molecule has 0 unspecified atom stereocenters. The highest BCUT2D eigenvalue weighted by molar-refractivity contribution is 6.30. The maximum atomic E-state index is 6.06. The lowest BCUT2D eigenvalue weighted by molar-refractivity contribution is 1.13. The predicted octanol–water partition coefficient (Wildman–Crippen LogP) is 4.41. The molecule has 0 aliphatic rings. The fourth-order valence-corrected chi connectivity index (χ4v) is 2.05. The molecule has 0 aliphatic heterocycles. The number of aliphatic imine (C=N–C) groups is 1. The largest absolute Gasteiger partial charge is 0.369 e. The minimum absolute atomic E-state index is 0. The normalized spacial score (nSPS) is 10.9. The Kier molecular flexibility index (Phi) is 6.53. The lowest BCUT2D eigenvalue weighted by Crippen LogP contribution is -2.33. The van der Waals surface area contributed by atoms with Crippen molar-refractivity contribution in [1.82, 2.24) is 0 Å². The second kappa shape index (κ2) is 7.91. The van der Waals surface area contributed by atoms with Gasteiger partial charge in [-0.15, -0.1) is 12.4 Å². The van der Waals surface area contributed by atoms with Crippen molar-refractivity contribution in [2.75, 3.05) is 11.9 Å². The Morgan fingerprint density at radius 3 is 2.57 bits per heavy atom. The number of guanidine groups is 1. The fraction of sp³-hybridized carbons (Fsp3) is 0.188. The van der Waals surface area contributed by atoms with Gasteiger partial charge in [0.2, 0.25) is 5.96 Å². The maximum Gasteiger partial charge on any atom is 0.200 e. The summed E-state index contributed by atoms with van der Waals surface area (Å²) >= 11 is 5.94. The molecule has 0 bridgehead atoms. The molecule has 0 heterocycles. The van der Waals surface area contributed by atoms with Crippen molar-refractivity contribution in [3.63, 3.8) is 0 Å². The number of nitrogens with zero attached hydrogens (tertiary/aromatic N) is 2. The van der Waals surface area contributed by atoms with Gasteiger partial charge in [0.05, 0.1) is 5.69 Å². The molecular weight excluding hydrogens is 305 g/mol. The number of anilines is 1. The average Bonchev–Trinajstić information content (AvgIpc) is 2.46. The van der Waals surface area contributed by atoms with E-state index in [1.165, 1.54) is 5.56 Å². The van der Waals surface area contributed by atoms with Crippen LogP contribution in [0, 0.1) is 0 Å². The van der Waals surface area contributed by atoms with Crippen molar-refractivity contribution in [3.8, 4) is 0 Å². The van der Waals surface area contributed by atoms with Gasteiger partial charge in [-0.2, -0.15) is 0 Å². The summed E-state index contributed by atoms with van der Waals surface area (Å²) in [7, 11) is 1.90. The molecule has 0 spiro atoms. The smallest absolute Gasteiger partial charge is 0.200 e. The van der Waals surface area contributed by atoms with Crippen LogP contribution in [0.1, 0.15) is 12.5 Å². The van der Waals surface area contributed by atoms with Crippen molar-refractivity contribution >= 4 is 41.3 Å². The molecule has 21 heavy (non-hydrogen) atoms. The van der Waals surface area contributed by atoms with Crippen molar-refractivity contribution < 1.29 is 0 Å². The van der Waals surface area contributed by atoms with Crippen LogP contribution in [0.3, 0.4) is 0 Å². The number of benzene rings is 2. The van der Waals surface area contributed by atoms with E-state index in [1.807, 2.05) is 42.3 Å². The van der Waals surface area contributed by atoms with Crippen molar-refractivity contribution in [1.29, 1.82) is 0 Å². The van der Waals surface area contributed by atoms with Crippen LogP contribution in [0.25, 0.3) is 0 Å². The lowest BCUT2D eigenvalue weighted by atomic mass is 10.1. The predicted molar refractivity (Wildman–Crippen MR) is 94.2 cm³/mol. The van der Waals surface area contributed by atoms with Crippen molar-refractivity contribution in [2.45, 2.75) is 13.3 Å². The van der Waals surface area contributed by atoms with E-state index in [2.05, 4.69) is 24.0 Å². The van der Waals surface area contributed by atoms with Gasteiger partial charge in [0.25, 0.3) is 0 Å². The topological polar surface area (TPSA) is 41.6 Å². The molecule has 0 aromatic heterocycles. The standard InChI is InChI=1S/C16H18ClN3.ClH/c1-3-12-6-4-9-15(10-12)20(2)16(18)19-14-8-5-7-13(17)11-14;/h4-11H,3H2,1-2H3,(H2,18,19);1H. The Labute approximate surface area is 136 Å². The fourth-order valence-electron chi connectivity index (χ4n) is 1.87. The molecular formula is C16H19Cl2N3. The first-order chi connectivity index (χ1) is 9.60. The van der Waals surface area contributed by atoms with E-state index in [9.17, 15) is 0 Å². The number of rotatable bonds is 3. The molecule has 2 aromatic rings. The molecule has 112 valence electrons. The molecule has 0 atom stereocenters. The van der Waals surface area contributed by atoms with Gasteiger partial charge in [-0.25, -0.2) is 4.99 Å². The van der Waals surface area contributed by atoms with Crippen LogP contribution >= 0.6 is 24.0 Å². The lowest BCUT2D eigenvalue weighted by Gasteiger charge is -2.18. The van der Waals surface area contributed by atoms with Gasteiger partial charge >= 0.3 is 0 Å². The van der Waals surface area contributed by atoms with Crippen LogP contribution in [-0.4, -0.2) is 13.0 Å². The van der Waals surface area contributed by atoms with E-state index in [-0.39, 0.29) is 12.4 Å². The Morgan fingerprint density at radius 1 is 1.19 bits per heavy atom. The van der Waals surface area contributed by atoms with Gasteiger partial charge in [-0.05, 0) is 42.3 Å². The van der Waals surface area contributed by atoms with Crippen LogP contribution in [0.4, 0.5) is 11.4 Å². The highest BCUT2D eigenvalue weighted by atomic mass is 35.5. The summed E-state index contributed by atoms with van der Waals surface area (Å²) in [5.74, 6) is 0.431. The molecule has 3 nitrogen and oxygen atoms in total. The molecule has 2 N–H and O–H groups in total. The molecule has 0 fully saturated rings. The average molecular weight is 324 g/mol. The van der Waals surface area contributed by atoms with Crippen LogP contribution in [0.2, 0.25) is 5.02 Å². The summed E-state index contributed by atoms with van der Waals surface area (Å²) < 4.78 is 0. The summed E-state index contributed by atoms with van der Waals surface area (Å²) in [5, 5.41) is 0.648. The first-order valence-electron chi connectivity index (χ1n) is 6.52. The van der Waals surface area contributed by atoms with E-state index < -0.39 is 0 Å². The first kappa shape index (κ1) is 17.3. The quantitative estimate of drug-likeness (QED) is 0.671. The van der Waals surface area contributed by atoms with Gasteiger partial charge in [-0.1, -0.05) is 36.7 Å². The molecule has 5 heteroatoms. The molecule has 0 radical (unpaired) electrons. The molecule has 0 amide bonds. The number of nitrogens with two attached hydrogens (primary N) is 1. The van der Waals surface area contributed by atoms with Gasteiger partial charge in [-0.3, -0.25) is 0 Å². The number of halogens is 2. The highest BCUT2D eigenvalue weighted by Gasteiger charge is 2.06. The first-order valence-corrected chi connectivity index (χ1v) is 6.90. The van der Waals surface area contributed by atoms with Gasteiger partial charge in [0.1, 0.15) is 0 Å². The summed E-state index contributed by atoms with van der Waals surface area (Å²) in [6.07, 6.45) is 0.993. The monoisotopic (exact) mass is 323 g/mol. The molecule has 2 rings (SSSR count). The number of hydrogen-bond donors (Lipinski definition) is 1. The van der Waals surface area contributed by atoms with Crippen molar-refractivity contribution in [3.05, 3.63) is 59.1 Å². The molecule has 0 saturated heterocycles. The van der Waals surface area contributed by atoms with Gasteiger partial charge in [0, 0.05) is 17.8 Å². The van der Waals surface area contributed by atoms with E-state index in [0.717, 1.165) is 17.8 Å². The maximum absolute atomic E-state index is 6.06. The summed E-state index contributed by atoms with van der Waals surface area (Å²) in [5.41, 5.74) is 9.09. The van der Waals surface area contributed by atoms with Crippen LogP contribution < -0.4 is 10.6 Å². The summed E-state index contributed by atoms with van der Waals surface area (Å²) in [6.45, 7) is 2.13. The second-order valence-corrected chi connectivity index (χ2v) is 4.97. The Balaban J connectivity index is 0.00000220. The third-order valence-electron chi connectivity index (χ3n) is 3.10. The zero-order valence-corrected chi connectivity index (χ0v) is 13.7. The van der Waals surface area contributed by atoms with Gasteiger partial charge in [0.15, 0.2) is 0 Å². The number of aryl methyl sites for hydroxylation is 1. The zero-order valence-electron chi connectivity index (χ0n) is 12.1. The summed E-state index contributed by atoms with van der Waals surface area (Å²) in [4.78, 5) is 6.25. The van der Waals surface area contributed by atoms with Crippen molar-refractivity contribution in [2.24, 2.45) is 10.7 Å². The highest BCUT2D eigenvalue weighted by Crippen LogP contribution is 2.19. The number of hydrogen-bond acceptors (Lipinski definition) is 1. The van der Waals surface area contributed by atoms with E-state index >= 15 is 0 Å². The van der Waals surface area contributed by atoms with Crippen LogP contribution in [0.5, 0.6) is 0 Å². The van der Waals surface area contributed by atoms with Crippen LogP contribution in [-0.2, 0) is 6.42 Å². The molecule has 0 aliphatic carbocycles. The Hall–Kier alpha value is -1.71. The molecule has 2 aromatic carbocycles. The zero-order chi connectivity index (χ0) is 14.5. The van der Waals surface area contributed by atoms with Crippen LogP contribution in [0.15, 0.2) is 53.5 Å². The van der Waals surface area contributed by atoms with E-state index in [0.29, 0.717) is 11.0 Å². The van der Waals surface area contributed by atoms with E-state index in [4.69, 9.17) is 17.3 Å². The minimum atomic E-state index is 0. The molecule has 0 saturated carbocycles. The second-order valence-electron chi connectivity index (χ2n) is 4.53.